The number of hydrogen-bond acceptors (Lipinski definition) is 4. The molecule has 1 saturated heterocycles. The highest BCUT2D eigenvalue weighted by atomic mass is 19.1. The van der Waals surface area contributed by atoms with E-state index < -0.39 is 0 Å². The molecule has 3 aromatic carbocycles. The van der Waals surface area contributed by atoms with Gasteiger partial charge in [-0.15, -0.1) is 0 Å². The van der Waals surface area contributed by atoms with Crippen LogP contribution in [0.15, 0.2) is 72.8 Å². The van der Waals surface area contributed by atoms with Gasteiger partial charge in [0.15, 0.2) is 0 Å². The Morgan fingerprint density at radius 1 is 1.03 bits per heavy atom. The third-order valence-corrected chi connectivity index (χ3v) is 6.30. The average molecular weight is 460 g/mol. The Labute approximate surface area is 197 Å². The normalized spacial score (nSPS) is 19.2. The lowest BCUT2D eigenvalue weighted by molar-refractivity contribution is 0.0489. The number of rotatable bonds is 7. The van der Waals surface area contributed by atoms with Gasteiger partial charge in [-0.3, -0.25) is 9.59 Å². The molecule has 0 radical (unpaired) electrons. The van der Waals surface area contributed by atoms with Crippen LogP contribution in [-0.4, -0.2) is 36.0 Å². The highest BCUT2D eigenvalue weighted by molar-refractivity contribution is 5.99. The second-order valence-electron chi connectivity index (χ2n) is 8.61. The van der Waals surface area contributed by atoms with E-state index >= 15 is 0 Å². The van der Waals surface area contributed by atoms with Crippen LogP contribution in [0.3, 0.4) is 0 Å². The molecular weight excluding hydrogens is 433 g/mol. The summed E-state index contributed by atoms with van der Waals surface area (Å²) in [6, 6.07) is 20.8. The van der Waals surface area contributed by atoms with Crippen molar-refractivity contribution in [3.05, 3.63) is 101 Å². The van der Waals surface area contributed by atoms with Gasteiger partial charge in [0.05, 0.1) is 6.10 Å². The standard InChI is InChI=1S/C27H26FN3O3/c28-20-11-7-18(8-12-20)16-29-26(32)19-9-13-21(14-10-19)30-25-23-5-1-2-6-24(23)27(33)31(25)17-22-4-3-15-34-22/h1-2,5-14,22,25,30H,3-4,15-17H2,(H,29,32)/t22-,25-/m0/s1. The summed E-state index contributed by atoms with van der Waals surface area (Å²) in [5.41, 5.74) is 3.79. The van der Waals surface area contributed by atoms with Crippen molar-refractivity contribution in [1.82, 2.24) is 10.2 Å². The quantitative estimate of drug-likeness (QED) is 0.546. The Morgan fingerprint density at radius 3 is 2.53 bits per heavy atom. The summed E-state index contributed by atoms with van der Waals surface area (Å²) in [5.74, 6) is -0.517. The number of anilines is 1. The van der Waals surface area contributed by atoms with Crippen LogP contribution < -0.4 is 10.6 Å². The summed E-state index contributed by atoms with van der Waals surface area (Å²) in [5, 5.41) is 6.31. The first-order valence-electron chi connectivity index (χ1n) is 11.5. The molecular formula is C27H26FN3O3. The number of hydrogen-bond donors (Lipinski definition) is 2. The molecule has 0 saturated carbocycles. The second kappa shape index (κ2) is 9.65. The minimum absolute atomic E-state index is 0.000362. The summed E-state index contributed by atoms with van der Waals surface area (Å²) in [7, 11) is 0. The number of carbonyl (C=O) groups is 2. The Balaban J connectivity index is 1.27. The molecule has 2 N–H and O–H groups in total. The number of amides is 2. The lowest BCUT2D eigenvalue weighted by Gasteiger charge is -2.29. The molecule has 0 bridgehead atoms. The number of benzene rings is 3. The van der Waals surface area contributed by atoms with E-state index in [1.54, 1.807) is 24.3 Å². The molecule has 2 heterocycles. The fourth-order valence-corrected chi connectivity index (χ4v) is 4.48. The van der Waals surface area contributed by atoms with Gasteiger partial charge in [0.2, 0.25) is 0 Å². The summed E-state index contributed by atoms with van der Waals surface area (Å²) in [6.07, 6.45) is 1.72. The van der Waals surface area contributed by atoms with Crippen LogP contribution in [-0.2, 0) is 11.3 Å². The Hall–Kier alpha value is -3.71. The van der Waals surface area contributed by atoms with Gasteiger partial charge in [0.25, 0.3) is 11.8 Å². The van der Waals surface area contributed by atoms with Crippen molar-refractivity contribution < 1.29 is 18.7 Å². The van der Waals surface area contributed by atoms with Crippen molar-refractivity contribution in [2.24, 2.45) is 0 Å². The number of nitrogens with zero attached hydrogens (tertiary/aromatic N) is 1. The maximum Gasteiger partial charge on any atom is 0.256 e. The number of carbonyl (C=O) groups excluding carboxylic acids is 2. The van der Waals surface area contributed by atoms with Crippen molar-refractivity contribution in [2.45, 2.75) is 31.7 Å². The molecule has 5 rings (SSSR count). The maximum absolute atomic E-state index is 13.1. The van der Waals surface area contributed by atoms with E-state index in [4.69, 9.17) is 4.74 Å². The van der Waals surface area contributed by atoms with Crippen molar-refractivity contribution in [3.8, 4) is 0 Å². The number of nitrogens with one attached hydrogen (secondary N) is 2. The van der Waals surface area contributed by atoms with E-state index in [1.165, 1.54) is 12.1 Å². The van der Waals surface area contributed by atoms with Crippen molar-refractivity contribution in [1.29, 1.82) is 0 Å². The van der Waals surface area contributed by atoms with Gasteiger partial charge in [0, 0.05) is 42.1 Å². The van der Waals surface area contributed by atoms with Gasteiger partial charge in [-0.2, -0.15) is 0 Å². The monoisotopic (exact) mass is 459 g/mol. The molecule has 0 spiro atoms. The number of fused-ring (bicyclic) bond motifs is 1. The lowest BCUT2D eigenvalue weighted by Crippen LogP contribution is -2.38. The summed E-state index contributed by atoms with van der Waals surface area (Å²) < 4.78 is 18.8. The number of halogens is 1. The van der Waals surface area contributed by atoms with Crippen LogP contribution in [0.4, 0.5) is 10.1 Å². The van der Waals surface area contributed by atoms with Crippen LogP contribution in [0.2, 0.25) is 0 Å². The number of ether oxygens (including phenoxy) is 1. The van der Waals surface area contributed by atoms with Crippen LogP contribution in [0.1, 0.15) is 50.9 Å². The molecule has 3 aromatic rings. The van der Waals surface area contributed by atoms with E-state index in [9.17, 15) is 14.0 Å². The first-order chi connectivity index (χ1) is 16.6. The summed E-state index contributed by atoms with van der Waals surface area (Å²) in [4.78, 5) is 27.5. The predicted octanol–water partition coefficient (Wildman–Crippen LogP) is 4.50. The van der Waals surface area contributed by atoms with Crippen molar-refractivity contribution in [3.63, 3.8) is 0 Å². The molecule has 1 fully saturated rings. The van der Waals surface area contributed by atoms with Gasteiger partial charge in [-0.1, -0.05) is 30.3 Å². The molecule has 34 heavy (non-hydrogen) atoms. The van der Waals surface area contributed by atoms with Gasteiger partial charge in [-0.05, 0) is 60.9 Å². The van der Waals surface area contributed by atoms with Gasteiger partial charge in [0.1, 0.15) is 12.0 Å². The molecule has 2 aliphatic heterocycles. The van der Waals surface area contributed by atoms with E-state index in [0.29, 0.717) is 24.2 Å². The van der Waals surface area contributed by atoms with E-state index in [0.717, 1.165) is 36.3 Å². The van der Waals surface area contributed by atoms with E-state index in [1.807, 2.05) is 41.3 Å². The zero-order valence-corrected chi connectivity index (χ0v) is 18.7. The maximum atomic E-state index is 13.1. The van der Waals surface area contributed by atoms with Crippen LogP contribution >= 0.6 is 0 Å². The molecule has 0 aliphatic carbocycles. The first kappa shape index (κ1) is 22.1. The molecule has 0 aromatic heterocycles. The second-order valence-corrected chi connectivity index (χ2v) is 8.61. The third kappa shape index (κ3) is 4.65. The van der Waals surface area contributed by atoms with Crippen LogP contribution in [0.5, 0.6) is 0 Å². The molecule has 2 amide bonds. The lowest BCUT2D eigenvalue weighted by atomic mass is 10.1. The molecule has 2 aliphatic rings. The third-order valence-electron chi connectivity index (χ3n) is 6.30. The van der Waals surface area contributed by atoms with Crippen molar-refractivity contribution >= 4 is 17.5 Å². The highest BCUT2D eigenvalue weighted by Crippen LogP contribution is 2.35. The first-order valence-corrected chi connectivity index (χ1v) is 11.5. The van der Waals surface area contributed by atoms with Gasteiger partial charge in [-0.25, -0.2) is 4.39 Å². The van der Waals surface area contributed by atoms with E-state index in [2.05, 4.69) is 10.6 Å². The topological polar surface area (TPSA) is 70.7 Å². The fraction of sp³-hybridized carbons (Fsp3) is 0.259. The molecule has 6 nitrogen and oxygen atoms in total. The molecule has 7 heteroatoms. The zero-order chi connectivity index (χ0) is 23.5. The van der Waals surface area contributed by atoms with Gasteiger partial charge < -0.3 is 20.3 Å². The fourth-order valence-electron chi connectivity index (χ4n) is 4.48. The predicted molar refractivity (Wildman–Crippen MR) is 127 cm³/mol. The van der Waals surface area contributed by atoms with Crippen LogP contribution in [0, 0.1) is 5.82 Å². The zero-order valence-electron chi connectivity index (χ0n) is 18.7. The SMILES string of the molecule is O=C(NCc1ccc(F)cc1)c1ccc(N[C@@H]2c3ccccc3C(=O)N2C[C@@H]2CCCO2)cc1. The highest BCUT2D eigenvalue weighted by Gasteiger charge is 2.38. The Kier molecular flexibility index (Phi) is 6.27. The van der Waals surface area contributed by atoms with Crippen LogP contribution in [0.25, 0.3) is 0 Å². The summed E-state index contributed by atoms with van der Waals surface area (Å²) >= 11 is 0. The van der Waals surface area contributed by atoms with E-state index in [-0.39, 0.29) is 29.9 Å². The molecule has 2 atom stereocenters. The van der Waals surface area contributed by atoms with Gasteiger partial charge >= 0.3 is 0 Å². The minimum Gasteiger partial charge on any atom is -0.376 e. The largest absolute Gasteiger partial charge is 0.376 e. The van der Waals surface area contributed by atoms with Crippen molar-refractivity contribution in [2.75, 3.05) is 18.5 Å². The minimum atomic E-state index is -0.306. The smallest absolute Gasteiger partial charge is 0.256 e. The molecule has 174 valence electrons. The Morgan fingerprint density at radius 2 is 1.79 bits per heavy atom. The Bertz CT molecular complexity index is 1170. The average Bonchev–Trinajstić information content (AvgIpc) is 3.47. The molecule has 0 unspecified atom stereocenters. The summed E-state index contributed by atoms with van der Waals surface area (Å²) in [6.45, 7) is 1.59.